The molecule has 1 aliphatic rings. The van der Waals surface area contributed by atoms with Crippen molar-refractivity contribution < 1.29 is 4.79 Å². The van der Waals surface area contributed by atoms with E-state index in [0.717, 1.165) is 28.3 Å². The first-order chi connectivity index (χ1) is 11.8. The fourth-order valence-corrected chi connectivity index (χ4v) is 3.33. The van der Waals surface area contributed by atoms with Gasteiger partial charge in [-0.05, 0) is 59.4 Å². The van der Waals surface area contributed by atoms with Crippen molar-refractivity contribution in [2.24, 2.45) is 5.92 Å². The van der Waals surface area contributed by atoms with Gasteiger partial charge in [0.25, 0.3) is 5.95 Å². The van der Waals surface area contributed by atoms with Gasteiger partial charge in [-0.25, -0.2) is 14.6 Å². The number of carbonyl (C=O) groups excluding carboxylic acids is 1. The van der Waals surface area contributed by atoms with Gasteiger partial charge in [0.2, 0.25) is 5.91 Å². The van der Waals surface area contributed by atoms with Crippen LogP contribution in [0.4, 0.5) is 0 Å². The topological polar surface area (TPSA) is 63.9 Å². The molecule has 1 saturated carbocycles. The van der Waals surface area contributed by atoms with Crippen LogP contribution in [0.15, 0.2) is 6.07 Å². The van der Waals surface area contributed by atoms with Gasteiger partial charge in [0, 0.05) is 35.7 Å². The summed E-state index contributed by atoms with van der Waals surface area (Å²) in [6.07, 6.45) is 2.84. The summed E-state index contributed by atoms with van der Waals surface area (Å²) in [5, 5.41) is 4.59. The smallest absolute Gasteiger partial charge is 0.251 e. The maximum Gasteiger partial charge on any atom is 0.251 e. The van der Waals surface area contributed by atoms with Crippen molar-refractivity contribution in [2.45, 2.75) is 59.9 Å². The molecule has 0 spiro atoms. The van der Waals surface area contributed by atoms with Crippen LogP contribution in [0.2, 0.25) is 0 Å². The molecule has 0 aliphatic heterocycles. The van der Waals surface area contributed by atoms with Gasteiger partial charge in [-0.1, -0.05) is 0 Å². The number of amides is 1. The van der Waals surface area contributed by atoms with Crippen molar-refractivity contribution in [3.8, 4) is 5.95 Å². The van der Waals surface area contributed by atoms with Crippen molar-refractivity contribution >= 4 is 5.91 Å². The van der Waals surface area contributed by atoms with Crippen LogP contribution < -0.4 is 0 Å². The van der Waals surface area contributed by atoms with Crippen LogP contribution in [-0.2, 0) is 11.2 Å². The van der Waals surface area contributed by atoms with Crippen LogP contribution in [0.5, 0.6) is 0 Å². The van der Waals surface area contributed by atoms with Gasteiger partial charge < -0.3 is 4.90 Å². The van der Waals surface area contributed by atoms with Crippen LogP contribution in [0.25, 0.3) is 5.95 Å². The Hall–Kier alpha value is -2.24. The highest BCUT2D eigenvalue weighted by atomic mass is 16.2. The Labute approximate surface area is 149 Å². The molecule has 0 bridgehead atoms. The van der Waals surface area contributed by atoms with Gasteiger partial charge >= 0.3 is 0 Å². The van der Waals surface area contributed by atoms with Crippen molar-refractivity contribution in [3.63, 3.8) is 0 Å². The van der Waals surface area contributed by atoms with E-state index in [9.17, 15) is 4.79 Å². The second-order valence-electron chi connectivity index (χ2n) is 7.27. The van der Waals surface area contributed by atoms with Gasteiger partial charge in [0.05, 0.1) is 12.1 Å². The third kappa shape index (κ3) is 3.57. The van der Waals surface area contributed by atoms with E-state index in [4.69, 9.17) is 0 Å². The highest BCUT2D eigenvalue weighted by Gasteiger charge is 2.32. The zero-order valence-electron chi connectivity index (χ0n) is 16.0. The highest BCUT2D eigenvalue weighted by Crippen LogP contribution is 2.34. The molecule has 2 aromatic rings. The largest absolute Gasteiger partial charge is 0.342 e. The monoisotopic (exact) mass is 341 g/mol. The first-order valence-corrected chi connectivity index (χ1v) is 8.91. The van der Waals surface area contributed by atoms with Crippen molar-refractivity contribution in [2.75, 3.05) is 7.05 Å². The van der Waals surface area contributed by atoms with E-state index >= 15 is 0 Å². The Morgan fingerprint density at radius 2 is 1.84 bits per heavy atom. The number of aromatic nitrogens is 4. The van der Waals surface area contributed by atoms with E-state index in [2.05, 4.69) is 22.0 Å². The SMILES string of the molecule is Cc1cc(C)nc(-n2nc(C)c(CC(=O)N(C)C(C)C3CC3)c2C)n1. The van der Waals surface area contributed by atoms with Crippen LogP contribution in [-0.4, -0.2) is 43.6 Å². The Morgan fingerprint density at radius 1 is 1.24 bits per heavy atom. The van der Waals surface area contributed by atoms with Gasteiger partial charge in [0.15, 0.2) is 0 Å². The second kappa shape index (κ2) is 6.58. The molecule has 1 unspecified atom stereocenters. The summed E-state index contributed by atoms with van der Waals surface area (Å²) >= 11 is 0. The van der Waals surface area contributed by atoms with Crippen LogP contribution >= 0.6 is 0 Å². The predicted molar refractivity (Wildman–Crippen MR) is 96.8 cm³/mol. The highest BCUT2D eigenvalue weighted by molar-refractivity contribution is 5.79. The number of nitrogens with zero attached hydrogens (tertiary/aromatic N) is 5. The Bertz CT molecular complexity index is 786. The van der Waals surface area contributed by atoms with E-state index in [0.29, 0.717) is 24.3 Å². The van der Waals surface area contributed by atoms with Gasteiger partial charge in [-0.2, -0.15) is 5.10 Å². The number of carbonyl (C=O) groups is 1. The summed E-state index contributed by atoms with van der Waals surface area (Å²) < 4.78 is 1.75. The molecule has 0 radical (unpaired) electrons. The van der Waals surface area contributed by atoms with Crippen LogP contribution in [0.3, 0.4) is 0 Å². The third-order valence-electron chi connectivity index (χ3n) is 5.24. The first-order valence-electron chi connectivity index (χ1n) is 8.91. The third-order valence-corrected chi connectivity index (χ3v) is 5.24. The maximum atomic E-state index is 12.7. The quantitative estimate of drug-likeness (QED) is 0.839. The lowest BCUT2D eigenvalue weighted by Crippen LogP contribution is -2.37. The minimum atomic E-state index is 0.145. The average Bonchev–Trinajstić information content (AvgIpc) is 3.35. The molecular formula is C19H27N5O. The second-order valence-corrected chi connectivity index (χ2v) is 7.27. The molecule has 6 heteroatoms. The first kappa shape index (κ1) is 17.6. The fourth-order valence-electron chi connectivity index (χ4n) is 3.33. The normalized spacial score (nSPS) is 15.3. The molecule has 6 nitrogen and oxygen atoms in total. The molecule has 1 fully saturated rings. The number of hydrogen-bond acceptors (Lipinski definition) is 4. The summed E-state index contributed by atoms with van der Waals surface area (Å²) in [7, 11) is 1.91. The van der Waals surface area contributed by atoms with Crippen LogP contribution in [0.1, 0.15) is 48.1 Å². The maximum absolute atomic E-state index is 12.7. The molecular weight excluding hydrogens is 314 g/mol. The van der Waals surface area contributed by atoms with E-state index in [1.54, 1.807) is 4.68 Å². The minimum Gasteiger partial charge on any atom is -0.342 e. The molecule has 2 heterocycles. The summed E-state index contributed by atoms with van der Waals surface area (Å²) in [6.45, 7) is 9.96. The predicted octanol–water partition coefficient (Wildman–Crippen LogP) is 2.70. The average molecular weight is 341 g/mol. The minimum absolute atomic E-state index is 0.145. The number of hydrogen-bond donors (Lipinski definition) is 0. The molecule has 0 N–H and O–H groups in total. The lowest BCUT2D eigenvalue weighted by molar-refractivity contribution is -0.131. The molecule has 2 aromatic heterocycles. The number of rotatable bonds is 5. The van der Waals surface area contributed by atoms with Crippen molar-refractivity contribution in [1.29, 1.82) is 0 Å². The lowest BCUT2D eigenvalue weighted by atomic mass is 10.1. The van der Waals surface area contributed by atoms with E-state index in [1.165, 1.54) is 12.8 Å². The zero-order valence-corrected chi connectivity index (χ0v) is 16.0. The van der Waals surface area contributed by atoms with Crippen molar-refractivity contribution in [1.82, 2.24) is 24.6 Å². The standard InChI is InChI=1S/C19H27N5O/c1-11-9-12(2)21-19(20-11)24-15(5)17(13(3)22-24)10-18(25)23(6)14(4)16-7-8-16/h9,14,16H,7-8,10H2,1-6H3. The van der Waals surface area contributed by atoms with E-state index in [1.807, 2.05) is 45.7 Å². The zero-order chi connectivity index (χ0) is 18.3. The molecule has 1 amide bonds. The molecule has 3 rings (SSSR count). The summed E-state index contributed by atoms with van der Waals surface area (Å²) in [5.41, 5.74) is 4.59. The van der Waals surface area contributed by atoms with Gasteiger partial charge in [-0.3, -0.25) is 4.79 Å². The Kier molecular flexibility index (Phi) is 4.62. The molecule has 0 saturated heterocycles. The van der Waals surface area contributed by atoms with E-state index in [-0.39, 0.29) is 5.91 Å². The van der Waals surface area contributed by atoms with Crippen molar-refractivity contribution in [3.05, 3.63) is 34.4 Å². The summed E-state index contributed by atoms with van der Waals surface area (Å²) in [4.78, 5) is 23.6. The molecule has 0 aromatic carbocycles. The van der Waals surface area contributed by atoms with Crippen LogP contribution in [0, 0.1) is 33.6 Å². The molecule has 134 valence electrons. The fraction of sp³-hybridized carbons (Fsp3) is 0.579. The number of likely N-dealkylation sites (N-methyl/N-ethyl adjacent to an activating group) is 1. The van der Waals surface area contributed by atoms with E-state index < -0.39 is 0 Å². The summed E-state index contributed by atoms with van der Waals surface area (Å²) in [6, 6.07) is 2.25. The lowest BCUT2D eigenvalue weighted by Gasteiger charge is -2.25. The molecule has 1 aliphatic carbocycles. The summed E-state index contributed by atoms with van der Waals surface area (Å²) in [5.74, 6) is 1.38. The number of aryl methyl sites for hydroxylation is 3. The molecule has 25 heavy (non-hydrogen) atoms. The Balaban J connectivity index is 1.85. The Morgan fingerprint density at radius 3 is 2.40 bits per heavy atom. The van der Waals surface area contributed by atoms with Gasteiger partial charge in [0.1, 0.15) is 0 Å². The van der Waals surface area contributed by atoms with Gasteiger partial charge in [-0.15, -0.1) is 0 Å². The molecule has 1 atom stereocenters.